The third-order valence-corrected chi connectivity index (χ3v) is 6.35. The number of rotatable bonds is 3. The van der Waals surface area contributed by atoms with E-state index in [1.807, 2.05) is 31.2 Å². The number of aryl methyl sites for hydroxylation is 1. The molecule has 0 fully saturated rings. The molecule has 0 amide bonds. The van der Waals surface area contributed by atoms with Crippen molar-refractivity contribution in [1.29, 1.82) is 0 Å². The number of ketones is 1. The standard InChI is InChI=1S/C25H24N4O3/c1-14-4-6-16(7-5-14)23-22-20(15-8-10-17(11-9-15)29(31)32)21-18(26-24(22)28-27-23)12-25(2,3)13-19(21)30/h4-11,20H,12-13H2,1-3H3,(H2,26,27,28)/t20-/m1/s1. The average Bonchev–Trinajstić information content (AvgIpc) is 3.15. The molecule has 5 rings (SSSR count). The lowest BCUT2D eigenvalue weighted by Crippen LogP contribution is -2.33. The van der Waals surface area contributed by atoms with E-state index in [-0.39, 0.29) is 22.8 Å². The van der Waals surface area contributed by atoms with Crippen molar-refractivity contribution in [3.8, 4) is 11.3 Å². The predicted octanol–water partition coefficient (Wildman–Crippen LogP) is 5.49. The van der Waals surface area contributed by atoms with Gasteiger partial charge in [0.15, 0.2) is 11.6 Å². The Morgan fingerprint density at radius 1 is 1.06 bits per heavy atom. The van der Waals surface area contributed by atoms with Crippen molar-refractivity contribution in [3.63, 3.8) is 0 Å². The number of hydrogen-bond acceptors (Lipinski definition) is 5. The number of aromatic amines is 1. The van der Waals surface area contributed by atoms with E-state index in [4.69, 9.17) is 0 Å². The lowest BCUT2D eigenvalue weighted by molar-refractivity contribution is -0.384. The maximum absolute atomic E-state index is 13.4. The van der Waals surface area contributed by atoms with Gasteiger partial charge in [-0.1, -0.05) is 55.8 Å². The Morgan fingerprint density at radius 3 is 2.41 bits per heavy atom. The molecule has 3 aromatic rings. The van der Waals surface area contributed by atoms with Gasteiger partial charge in [0, 0.05) is 41.3 Å². The van der Waals surface area contributed by atoms with Crippen LogP contribution in [0.4, 0.5) is 11.5 Å². The Kier molecular flexibility index (Phi) is 4.51. The van der Waals surface area contributed by atoms with Gasteiger partial charge >= 0.3 is 0 Å². The zero-order chi connectivity index (χ0) is 22.6. The van der Waals surface area contributed by atoms with Gasteiger partial charge in [-0.2, -0.15) is 5.10 Å². The zero-order valence-corrected chi connectivity index (χ0v) is 18.2. The number of Topliss-reactive ketones (excluding diaryl/α,β-unsaturated/α-hetero) is 1. The van der Waals surface area contributed by atoms with Crippen molar-refractivity contribution in [2.45, 2.75) is 39.5 Å². The normalized spacial score (nSPS) is 19.2. The van der Waals surface area contributed by atoms with E-state index in [1.165, 1.54) is 12.1 Å². The molecule has 162 valence electrons. The molecular formula is C25H24N4O3. The molecule has 1 atom stereocenters. The Labute approximate surface area is 185 Å². The second kappa shape index (κ2) is 7.15. The number of carbonyl (C=O) groups excluding carboxylic acids is 1. The van der Waals surface area contributed by atoms with E-state index in [2.05, 4.69) is 29.4 Å². The van der Waals surface area contributed by atoms with Gasteiger partial charge < -0.3 is 5.32 Å². The number of anilines is 1. The summed E-state index contributed by atoms with van der Waals surface area (Å²) in [4.78, 5) is 24.2. The van der Waals surface area contributed by atoms with Crippen LogP contribution in [-0.4, -0.2) is 20.9 Å². The molecule has 2 aliphatic rings. The van der Waals surface area contributed by atoms with Gasteiger partial charge in [0.25, 0.3) is 5.69 Å². The number of benzene rings is 2. The summed E-state index contributed by atoms with van der Waals surface area (Å²) >= 11 is 0. The highest BCUT2D eigenvalue weighted by Gasteiger charge is 2.42. The van der Waals surface area contributed by atoms with Crippen molar-refractivity contribution in [3.05, 3.63) is 86.6 Å². The molecule has 1 aromatic heterocycles. The van der Waals surface area contributed by atoms with E-state index >= 15 is 0 Å². The quantitative estimate of drug-likeness (QED) is 0.424. The maximum Gasteiger partial charge on any atom is 0.269 e. The van der Waals surface area contributed by atoms with E-state index in [0.29, 0.717) is 12.2 Å². The second-order valence-electron chi connectivity index (χ2n) is 9.47. The first kappa shape index (κ1) is 20.2. The third kappa shape index (κ3) is 3.30. The molecule has 7 heteroatoms. The largest absolute Gasteiger partial charge is 0.342 e. The first-order valence-electron chi connectivity index (χ1n) is 10.7. The summed E-state index contributed by atoms with van der Waals surface area (Å²) in [5, 5.41) is 22.3. The Hall–Kier alpha value is -3.74. The number of nitrogens with zero attached hydrogens (tertiary/aromatic N) is 2. The van der Waals surface area contributed by atoms with Gasteiger partial charge in [0.1, 0.15) is 0 Å². The van der Waals surface area contributed by atoms with Crippen LogP contribution >= 0.6 is 0 Å². The summed E-state index contributed by atoms with van der Waals surface area (Å²) in [6, 6.07) is 14.7. The molecular weight excluding hydrogens is 404 g/mol. The van der Waals surface area contributed by atoms with Crippen LogP contribution in [-0.2, 0) is 4.79 Å². The van der Waals surface area contributed by atoms with Gasteiger partial charge in [-0.15, -0.1) is 0 Å². The lowest BCUT2D eigenvalue weighted by atomic mass is 9.69. The van der Waals surface area contributed by atoms with Crippen LogP contribution in [0, 0.1) is 22.5 Å². The van der Waals surface area contributed by atoms with Crippen LogP contribution in [0.3, 0.4) is 0 Å². The van der Waals surface area contributed by atoms with Crippen molar-refractivity contribution in [1.82, 2.24) is 10.2 Å². The van der Waals surface area contributed by atoms with Crippen molar-refractivity contribution >= 4 is 17.3 Å². The first-order valence-corrected chi connectivity index (χ1v) is 10.7. The number of nitro benzene ring substituents is 1. The highest BCUT2D eigenvalue weighted by molar-refractivity contribution is 6.02. The molecule has 0 saturated heterocycles. The minimum absolute atomic E-state index is 0.0270. The van der Waals surface area contributed by atoms with Crippen LogP contribution in [0.2, 0.25) is 0 Å². The van der Waals surface area contributed by atoms with Gasteiger partial charge in [-0.3, -0.25) is 20.0 Å². The summed E-state index contributed by atoms with van der Waals surface area (Å²) < 4.78 is 0. The number of H-pyrrole nitrogens is 1. The molecule has 0 saturated carbocycles. The average molecular weight is 428 g/mol. The SMILES string of the molecule is Cc1ccc(-c2[nH]nc3c2[C@H](c2ccc([N+](=O)[O-])cc2)C2=C(CC(C)(C)CC2=O)N3)cc1. The van der Waals surface area contributed by atoms with E-state index in [0.717, 1.165) is 45.6 Å². The highest BCUT2D eigenvalue weighted by Crippen LogP contribution is 2.50. The molecule has 0 radical (unpaired) electrons. The Bertz CT molecular complexity index is 1270. The smallest absolute Gasteiger partial charge is 0.269 e. The van der Waals surface area contributed by atoms with Gasteiger partial charge in [0.05, 0.1) is 10.6 Å². The number of nitrogens with one attached hydrogen (secondary N) is 2. The predicted molar refractivity (Wildman–Crippen MR) is 122 cm³/mol. The Morgan fingerprint density at radius 2 is 1.75 bits per heavy atom. The lowest BCUT2D eigenvalue weighted by Gasteiger charge is -2.38. The summed E-state index contributed by atoms with van der Waals surface area (Å²) in [7, 11) is 0. The summed E-state index contributed by atoms with van der Waals surface area (Å²) in [5.41, 5.74) is 6.23. The molecule has 2 N–H and O–H groups in total. The van der Waals surface area contributed by atoms with Crippen LogP contribution < -0.4 is 5.32 Å². The number of hydrogen-bond donors (Lipinski definition) is 2. The number of fused-ring (bicyclic) bond motifs is 1. The second-order valence-corrected chi connectivity index (χ2v) is 9.47. The Balaban J connectivity index is 1.71. The van der Waals surface area contributed by atoms with E-state index in [1.54, 1.807) is 12.1 Å². The summed E-state index contributed by atoms with van der Waals surface area (Å²) in [6.07, 6.45) is 1.20. The van der Waals surface area contributed by atoms with E-state index in [9.17, 15) is 14.9 Å². The summed E-state index contributed by atoms with van der Waals surface area (Å²) in [6.45, 7) is 6.22. The van der Waals surface area contributed by atoms with Gasteiger partial charge in [-0.05, 0) is 29.9 Å². The fourth-order valence-electron chi connectivity index (χ4n) is 4.86. The molecule has 0 spiro atoms. The van der Waals surface area contributed by atoms with E-state index < -0.39 is 4.92 Å². The highest BCUT2D eigenvalue weighted by atomic mass is 16.6. The topological polar surface area (TPSA) is 101 Å². The molecule has 0 bridgehead atoms. The number of allylic oxidation sites excluding steroid dienone is 2. The van der Waals surface area contributed by atoms with Gasteiger partial charge in [0.2, 0.25) is 0 Å². The fraction of sp³-hybridized carbons (Fsp3) is 0.280. The molecule has 2 heterocycles. The maximum atomic E-state index is 13.4. The third-order valence-electron chi connectivity index (χ3n) is 6.35. The molecule has 1 aliphatic carbocycles. The molecule has 7 nitrogen and oxygen atoms in total. The van der Waals surface area contributed by atoms with Gasteiger partial charge in [-0.25, -0.2) is 0 Å². The minimum atomic E-state index is -0.411. The molecule has 2 aromatic carbocycles. The fourth-order valence-corrected chi connectivity index (χ4v) is 4.86. The number of carbonyl (C=O) groups is 1. The monoisotopic (exact) mass is 428 g/mol. The minimum Gasteiger partial charge on any atom is -0.342 e. The van der Waals surface area contributed by atoms with Crippen LogP contribution in [0.5, 0.6) is 0 Å². The van der Waals surface area contributed by atoms with Crippen LogP contribution in [0.15, 0.2) is 59.8 Å². The van der Waals surface area contributed by atoms with Crippen molar-refractivity contribution < 1.29 is 9.72 Å². The van der Waals surface area contributed by atoms with Crippen LogP contribution in [0.1, 0.15) is 49.3 Å². The molecule has 0 unspecified atom stereocenters. The zero-order valence-electron chi connectivity index (χ0n) is 18.2. The van der Waals surface area contributed by atoms with Crippen LogP contribution in [0.25, 0.3) is 11.3 Å². The summed E-state index contributed by atoms with van der Waals surface area (Å²) in [5.74, 6) is 0.461. The molecule has 1 aliphatic heterocycles. The number of nitro groups is 1. The molecule has 32 heavy (non-hydrogen) atoms. The first-order chi connectivity index (χ1) is 15.2. The number of aromatic nitrogens is 2. The van der Waals surface area contributed by atoms with Crippen molar-refractivity contribution in [2.24, 2.45) is 5.41 Å². The van der Waals surface area contributed by atoms with Crippen molar-refractivity contribution in [2.75, 3.05) is 5.32 Å². The number of non-ortho nitro benzene ring substituents is 1.